The normalized spacial score (nSPS) is 38.6. The molecule has 4 saturated heterocycles. The Morgan fingerprint density at radius 3 is 2.91 bits per heavy atom. The molecule has 0 aliphatic carbocycles. The molecule has 3 nitrogen and oxygen atoms in total. The molecule has 5 heterocycles. The van der Waals surface area contributed by atoms with E-state index >= 15 is 0 Å². The van der Waals surface area contributed by atoms with Crippen LogP contribution in [0.25, 0.3) is 10.9 Å². The SMILES string of the molecule is C=C[C@H]1CN2CC[C@H]1C[C@@H]2[C@]1(c2ccnc3ccccc23)CO1. The van der Waals surface area contributed by atoms with Gasteiger partial charge in [-0.2, -0.15) is 0 Å². The van der Waals surface area contributed by atoms with Crippen molar-refractivity contribution >= 4 is 10.9 Å². The van der Waals surface area contributed by atoms with Crippen LogP contribution in [0.4, 0.5) is 0 Å². The van der Waals surface area contributed by atoms with Crippen LogP contribution < -0.4 is 0 Å². The zero-order chi connectivity index (χ0) is 15.4. The standard InChI is InChI=1S/C20H22N2O/c1-2-14-12-22-10-8-15(14)11-19(22)20(13-23-20)17-7-9-21-18-6-4-3-5-16(17)18/h2-7,9,14-15,19H,1,8,10-13H2/t14-,15-,19+,20+/m0/s1. The second kappa shape index (κ2) is 4.89. The van der Waals surface area contributed by atoms with Crippen LogP contribution >= 0.6 is 0 Å². The average Bonchev–Trinajstić information content (AvgIpc) is 3.43. The van der Waals surface area contributed by atoms with Gasteiger partial charge in [-0.15, -0.1) is 6.58 Å². The van der Waals surface area contributed by atoms with E-state index in [0.29, 0.717) is 12.0 Å². The zero-order valence-electron chi connectivity index (χ0n) is 13.3. The third-order valence-electron chi connectivity index (χ3n) is 6.21. The summed E-state index contributed by atoms with van der Waals surface area (Å²) < 4.78 is 6.16. The van der Waals surface area contributed by atoms with Gasteiger partial charge in [0.05, 0.1) is 12.1 Å². The van der Waals surface area contributed by atoms with Crippen LogP contribution in [0.3, 0.4) is 0 Å². The minimum atomic E-state index is -0.118. The highest BCUT2D eigenvalue weighted by molar-refractivity contribution is 5.83. The fourth-order valence-electron chi connectivity index (χ4n) is 4.89. The largest absolute Gasteiger partial charge is 0.363 e. The van der Waals surface area contributed by atoms with Gasteiger partial charge in [0.25, 0.3) is 0 Å². The van der Waals surface area contributed by atoms with E-state index in [9.17, 15) is 0 Å². The summed E-state index contributed by atoms with van der Waals surface area (Å²) in [7, 11) is 0. The molecule has 1 unspecified atom stereocenters. The van der Waals surface area contributed by atoms with E-state index in [0.717, 1.165) is 24.6 Å². The Hall–Kier alpha value is -1.71. The Morgan fingerprint density at radius 1 is 1.30 bits per heavy atom. The summed E-state index contributed by atoms with van der Waals surface area (Å²) >= 11 is 0. The number of aromatic nitrogens is 1. The van der Waals surface area contributed by atoms with Crippen molar-refractivity contribution in [1.82, 2.24) is 9.88 Å². The predicted octanol–water partition coefficient (Wildman–Crippen LogP) is 3.36. The molecular weight excluding hydrogens is 284 g/mol. The molecule has 0 N–H and O–H groups in total. The van der Waals surface area contributed by atoms with Crippen molar-refractivity contribution in [2.75, 3.05) is 19.7 Å². The van der Waals surface area contributed by atoms with E-state index in [-0.39, 0.29) is 5.60 Å². The fourth-order valence-corrected chi connectivity index (χ4v) is 4.89. The topological polar surface area (TPSA) is 28.7 Å². The fraction of sp³-hybridized carbons (Fsp3) is 0.450. The molecule has 118 valence electrons. The summed E-state index contributed by atoms with van der Waals surface area (Å²) in [5.74, 6) is 1.43. The maximum atomic E-state index is 6.16. The van der Waals surface area contributed by atoms with Crippen molar-refractivity contribution in [3.05, 3.63) is 54.7 Å². The van der Waals surface area contributed by atoms with Crippen molar-refractivity contribution in [3.63, 3.8) is 0 Å². The molecule has 23 heavy (non-hydrogen) atoms. The van der Waals surface area contributed by atoms with Crippen LogP contribution in [0.2, 0.25) is 0 Å². The number of nitrogens with zero attached hydrogens (tertiary/aromatic N) is 2. The van der Waals surface area contributed by atoms with Gasteiger partial charge >= 0.3 is 0 Å². The first kappa shape index (κ1) is 13.7. The van der Waals surface area contributed by atoms with Gasteiger partial charge in [-0.25, -0.2) is 0 Å². The Morgan fingerprint density at radius 2 is 2.17 bits per heavy atom. The van der Waals surface area contributed by atoms with Crippen LogP contribution in [0.5, 0.6) is 0 Å². The van der Waals surface area contributed by atoms with Crippen LogP contribution in [-0.4, -0.2) is 35.6 Å². The lowest BCUT2D eigenvalue weighted by atomic mass is 9.71. The van der Waals surface area contributed by atoms with E-state index < -0.39 is 0 Å². The highest BCUT2D eigenvalue weighted by atomic mass is 16.6. The second-order valence-corrected chi connectivity index (χ2v) is 7.25. The molecule has 1 aromatic heterocycles. The van der Waals surface area contributed by atoms with Crippen molar-refractivity contribution < 1.29 is 4.74 Å². The maximum absolute atomic E-state index is 6.16. The Bertz CT molecular complexity index is 762. The van der Waals surface area contributed by atoms with Crippen molar-refractivity contribution in [1.29, 1.82) is 0 Å². The van der Waals surface area contributed by atoms with Gasteiger partial charge in [0, 0.05) is 24.2 Å². The molecule has 0 amide bonds. The van der Waals surface area contributed by atoms with Crippen molar-refractivity contribution in [3.8, 4) is 0 Å². The monoisotopic (exact) mass is 306 g/mol. The zero-order valence-corrected chi connectivity index (χ0v) is 13.3. The molecule has 0 radical (unpaired) electrons. The lowest BCUT2D eigenvalue weighted by molar-refractivity contribution is -0.0205. The number of epoxide rings is 1. The summed E-state index contributed by atoms with van der Waals surface area (Å²) in [5, 5.41) is 1.25. The maximum Gasteiger partial charge on any atom is 0.133 e. The van der Waals surface area contributed by atoms with E-state index in [4.69, 9.17) is 4.74 Å². The van der Waals surface area contributed by atoms with Crippen LogP contribution in [0.1, 0.15) is 18.4 Å². The highest BCUT2D eigenvalue weighted by Gasteiger charge is 2.59. The third-order valence-corrected chi connectivity index (χ3v) is 6.21. The number of fused-ring (bicyclic) bond motifs is 4. The van der Waals surface area contributed by atoms with Gasteiger partial charge in [0.2, 0.25) is 0 Å². The molecule has 3 heteroatoms. The lowest BCUT2D eigenvalue weighted by Gasteiger charge is -2.51. The number of hydrogen-bond acceptors (Lipinski definition) is 3. The number of ether oxygens (including phenoxy) is 1. The smallest absolute Gasteiger partial charge is 0.133 e. The van der Waals surface area contributed by atoms with Gasteiger partial charge in [-0.1, -0.05) is 24.3 Å². The van der Waals surface area contributed by atoms with Crippen molar-refractivity contribution in [2.45, 2.75) is 24.5 Å². The van der Waals surface area contributed by atoms with Gasteiger partial charge in [0.15, 0.2) is 0 Å². The summed E-state index contributed by atoms with van der Waals surface area (Å²) in [6, 6.07) is 11.1. The number of hydrogen-bond donors (Lipinski definition) is 0. The molecular formula is C20H22N2O. The van der Waals surface area contributed by atoms with Crippen molar-refractivity contribution in [2.24, 2.45) is 11.8 Å². The van der Waals surface area contributed by atoms with Crippen LogP contribution in [-0.2, 0) is 10.3 Å². The summed E-state index contributed by atoms with van der Waals surface area (Å²) in [4.78, 5) is 7.17. The first-order chi connectivity index (χ1) is 11.3. The molecule has 2 aromatic rings. The highest BCUT2D eigenvalue weighted by Crippen LogP contribution is 2.52. The van der Waals surface area contributed by atoms with E-state index in [1.54, 1.807) is 0 Å². The number of benzene rings is 1. The van der Waals surface area contributed by atoms with Gasteiger partial charge in [-0.3, -0.25) is 9.88 Å². The first-order valence-electron chi connectivity index (χ1n) is 8.66. The number of rotatable bonds is 3. The number of para-hydroxylation sites is 1. The average molecular weight is 306 g/mol. The number of pyridine rings is 1. The first-order valence-corrected chi connectivity index (χ1v) is 8.66. The summed E-state index contributed by atoms with van der Waals surface area (Å²) in [5.41, 5.74) is 2.28. The minimum absolute atomic E-state index is 0.118. The van der Waals surface area contributed by atoms with E-state index in [1.165, 1.54) is 30.3 Å². The molecule has 0 spiro atoms. The Kier molecular flexibility index (Phi) is 2.91. The molecule has 0 saturated carbocycles. The molecule has 2 bridgehead atoms. The molecule has 4 fully saturated rings. The van der Waals surface area contributed by atoms with Crippen LogP contribution in [0, 0.1) is 11.8 Å². The summed E-state index contributed by atoms with van der Waals surface area (Å²) in [6.07, 6.45) is 6.63. The van der Waals surface area contributed by atoms with E-state index in [2.05, 4.69) is 52.9 Å². The lowest BCUT2D eigenvalue weighted by Crippen LogP contribution is -2.57. The third kappa shape index (κ3) is 1.93. The molecule has 4 aliphatic rings. The quantitative estimate of drug-likeness (QED) is 0.643. The Labute approximate surface area is 137 Å². The summed E-state index contributed by atoms with van der Waals surface area (Å²) in [6.45, 7) is 7.23. The minimum Gasteiger partial charge on any atom is -0.363 e. The van der Waals surface area contributed by atoms with E-state index in [1.807, 2.05) is 6.20 Å². The van der Waals surface area contributed by atoms with Gasteiger partial charge in [0.1, 0.15) is 5.60 Å². The molecule has 5 atom stereocenters. The van der Waals surface area contributed by atoms with Crippen LogP contribution in [0.15, 0.2) is 49.2 Å². The van der Waals surface area contributed by atoms with Gasteiger partial charge < -0.3 is 4.74 Å². The Balaban J connectivity index is 1.57. The second-order valence-electron chi connectivity index (χ2n) is 7.25. The number of piperidine rings is 3. The molecule has 1 aromatic carbocycles. The molecule has 6 rings (SSSR count). The van der Waals surface area contributed by atoms with Gasteiger partial charge in [-0.05, 0) is 48.9 Å². The molecule has 4 aliphatic heterocycles. The predicted molar refractivity (Wildman–Crippen MR) is 91.1 cm³/mol.